The van der Waals surface area contributed by atoms with Crippen molar-refractivity contribution in [3.63, 3.8) is 0 Å². The van der Waals surface area contributed by atoms with Crippen molar-refractivity contribution in [3.8, 4) is 0 Å². The quantitative estimate of drug-likeness (QED) is 0.372. The van der Waals surface area contributed by atoms with E-state index in [1.54, 1.807) is 25.1 Å². The summed E-state index contributed by atoms with van der Waals surface area (Å²) in [6, 6.07) is 10.2. The molecule has 1 N–H and O–H groups in total. The maximum absolute atomic E-state index is 13.5. The molecular weight excluding hydrogens is 545 g/mol. The number of hydrogen-bond acceptors (Lipinski definition) is 4. The van der Waals surface area contributed by atoms with Crippen molar-refractivity contribution in [2.75, 3.05) is 17.1 Å². The second-order valence-corrected chi connectivity index (χ2v) is 12.9. The van der Waals surface area contributed by atoms with Crippen LogP contribution in [0.5, 0.6) is 0 Å². The number of rotatable bonds is 11. The molecule has 0 aliphatic heterocycles. The fourth-order valence-electron chi connectivity index (χ4n) is 4.91. The highest BCUT2D eigenvalue weighted by molar-refractivity contribution is 7.92. The van der Waals surface area contributed by atoms with Crippen molar-refractivity contribution in [3.05, 3.63) is 63.1 Å². The van der Waals surface area contributed by atoms with Crippen LogP contribution in [0, 0.1) is 13.8 Å². The number of amides is 2. The normalized spacial score (nSPS) is 14.8. The van der Waals surface area contributed by atoms with Gasteiger partial charge in [0.1, 0.15) is 6.04 Å². The molecule has 38 heavy (non-hydrogen) atoms. The van der Waals surface area contributed by atoms with E-state index in [0.717, 1.165) is 42.4 Å². The molecule has 10 heteroatoms. The zero-order chi connectivity index (χ0) is 28.0. The second kappa shape index (κ2) is 13.2. The molecule has 0 unspecified atom stereocenters. The second-order valence-electron chi connectivity index (χ2n) is 10.2. The maximum Gasteiger partial charge on any atom is 0.242 e. The number of halogens is 2. The highest BCUT2D eigenvalue weighted by Gasteiger charge is 2.29. The van der Waals surface area contributed by atoms with Gasteiger partial charge in [-0.2, -0.15) is 0 Å². The zero-order valence-electron chi connectivity index (χ0n) is 22.5. The summed E-state index contributed by atoms with van der Waals surface area (Å²) in [5, 5.41) is 3.86. The molecule has 1 atom stereocenters. The Bertz CT molecular complexity index is 1240. The largest absolute Gasteiger partial charge is 0.352 e. The van der Waals surface area contributed by atoms with Crippen LogP contribution < -0.4 is 9.62 Å². The molecule has 2 aromatic carbocycles. The summed E-state index contributed by atoms with van der Waals surface area (Å²) in [5.41, 5.74) is 3.25. The van der Waals surface area contributed by atoms with Crippen LogP contribution in [-0.4, -0.2) is 50.0 Å². The Labute approximate surface area is 236 Å². The molecule has 1 fully saturated rings. The fourth-order valence-corrected chi connectivity index (χ4v) is 6.18. The van der Waals surface area contributed by atoms with Gasteiger partial charge in [-0.1, -0.05) is 48.2 Å². The Morgan fingerprint density at radius 1 is 1.03 bits per heavy atom. The minimum absolute atomic E-state index is 0.0825. The first-order valence-electron chi connectivity index (χ1n) is 12.9. The monoisotopic (exact) mass is 581 g/mol. The molecule has 0 heterocycles. The standard InChI is InChI=1S/C28H37Cl2N3O4S/c1-19-14-20(2)16-24(15-19)33(38(4,36)37)13-7-10-27(34)32(18-22-11-12-25(29)26(30)17-22)21(3)28(35)31-23-8-5-6-9-23/h11-12,14-17,21,23H,5-10,13,18H2,1-4H3,(H,31,35)/t21-/m0/s1. The van der Waals surface area contributed by atoms with E-state index in [1.807, 2.05) is 32.0 Å². The van der Waals surface area contributed by atoms with Gasteiger partial charge >= 0.3 is 0 Å². The Morgan fingerprint density at radius 2 is 1.66 bits per heavy atom. The van der Waals surface area contributed by atoms with Crippen LogP contribution in [0.3, 0.4) is 0 Å². The summed E-state index contributed by atoms with van der Waals surface area (Å²) in [6.45, 7) is 5.88. The highest BCUT2D eigenvalue weighted by Crippen LogP contribution is 2.25. The number of hydrogen-bond donors (Lipinski definition) is 1. The topological polar surface area (TPSA) is 86.8 Å². The summed E-state index contributed by atoms with van der Waals surface area (Å²) in [6.07, 6.45) is 5.61. The highest BCUT2D eigenvalue weighted by atomic mass is 35.5. The zero-order valence-corrected chi connectivity index (χ0v) is 24.8. The molecule has 1 aliphatic rings. The van der Waals surface area contributed by atoms with Gasteiger partial charge < -0.3 is 10.2 Å². The van der Waals surface area contributed by atoms with Crippen molar-refractivity contribution in [1.82, 2.24) is 10.2 Å². The van der Waals surface area contributed by atoms with Crippen molar-refractivity contribution in [2.24, 2.45) is 0 Å². The first-order valence-corrected chi connectivity index (χ1v) is 15.6. The van der Waals surface area contributed by atoms with Gasteiger partial charge in [0, 0.05) is 25.6 Å². The van der Waals surface area contributed by atoms with Crippen LogP contribution in [0.15, 0.2) is 36.4 Å². The van der Waals surface area contributed by atoms with Crippen LogP contribution in [0.1, 0.15) is 62.1 Å². The molecule has 3 rings (SSSR count). The first-order chi connectivity index (χ1) is 17.8. The lowest BCUT2D eigenvalue weighted by Gasteiger charge is -2.30. The molecule has 0 bridgehead atoms. The first kappa shape index (κ1) is 30.3. The number of nitrogens with zero attached hydrogens (tertiary/aromatic N) is 2. The molecule has 2 aromatic rings. The van der Waals surface area contributed by atoms with E-state index in [-0.39, 0.29) is 37.4 Å². The van der Waals surface area contributed by atoms with Crippen molar-refractivity contribution in [1.29, 1.82) is 0 Å². The summed E-state index contributed by atoms with van der Waals surface area (Å²) >= 11 is 12.3. The van der Waals surface area contributed by atoms with Gasteiger partial charge in [0.15, 0.2) is 0 Å². The molecule has 0 spiro atoms. The molecule has 7 nitrogen and oxygen atoms in total. The van der Waals surface area contributed by atoms with Crippen LogP contribution in [0.25, 0.3) is 0 Å². The third-order valence-corrected chi connectivity index (χ3v) is 8.79. The fraction of sp³-hybridized carbons (Fsp3) is 0.500. The molecular formula is C28H37Cl2N3O4S. The number of benzene rings is 2. The maximum atomic E-state index is 13.5. The minimum atomic E-state index is -3.55. The number of carbonyl (C=O) groups excluding carboxylic acids is 2. The van der Waals surface area contributed by atoms with Crippen LogP contribution in [0.4, 0.5) is 5.69 Å². The van der Waals surface area contributed by atoms with Crippen molar-refractivity contribution in [2.45, 2.75) is 77.9 Å². The van der Waals surface area contributed by atoms with Crippen molar-refractivity contribution >= 4 is 50.7 Å². The van der Waals surface area contributed by atoms with Gasteiger partial charge in [-0.25, -0.2) is 8.42 Å². The van der Waals surface area contributed by atoms with Gasteiger partial charge in [-0.3, -0.25) is 13.9 Å². The summed E-state index contributed by atoms with van der Waals surface area (Å²) in [4.78, 5) is 28.1. The van der Waals surface area contributed by atoms with Gasteiger partial charge in [-0.15, -0.1) is 0 Å². The van der Waals surface area contributed by atoms with E-state index in [2.05, 4.69) is 5.32 Å². The Kier molecular flexibility index (Phi) is 10.5. The smallest absolute Gasteiger partial charge is 0.242 e. The van der Waals surface area contributed by atoms with Gasteiger partial charge in [0.2, 0.25) is 21.8 Å². The predicted molar refractivity (Wildman–Crippen MR) is 154 cm³/mol. The van der Waals surface area contributed by atoms with Crippen LogP contribution in [0.2, 0.25) is 10.0 Å². The number of anilines is 1. The SMILES string of the molecule is Cc1cc(C)cc(N(CCCC(=O)N(Cc2ccc(Cl)c(Cl)c2)[C@@H](C)C(=O)NC2CCCC2)S(C)(=O)=O)c1. The van der Waals surface area contributed by atoms with Crippen LogP contribution >= 0.6 is 23.2 Å². The predicted octanol–water partition coefficient (Wildman–Crippen LogP) is 5.63. The Balaban J connectivity index is 1.75. The van der Waals surface area contributed by atoms with Gasteiger partial charge in [-0.05, 0) is 81.0 Å². The molecule has 208 valence electrons. The molecule has 0 radical (unpaired) electrons. The summed E-state index contributed by atoms with van der Waals surface area (Å²) in [5.74, 6) is -0.433. The van der Waals surface area contributed by atoms with Gasteiger partial charge in [0.05, 0.1) is 22.0 Å². The van der Waals surface area contributed by atoms with E-state index in [1.165, 1.54) is 15.5 Å². The molecule has 1 aliphatic carbocycles. The summed E-state index contributed by atoms with van der Waals surface area (Å²) < 4.78 is 26.5. The minimum Gasteiger partial charge on any atom is -0.352 e. The lowest BCUT2D eigenvalue weighted by Crippen LogP contribution is -2.49. The van der Waals surface area contributed by atoms with E-state index in [9.17, 15) is 18.0 Å². The van der Waals surface area contributed by atoms with E-state index in [4.69, 9.17) is 23.2 Å². The number of sulfonamides is 1. The third-order valence-electron chi connectivity index (χ3n) is 6.85. The van der Waals surface area contributed by atoms with Gasteiger partial charge in [0.25, 0.3) is 0 Å². The average Bonchev–Trinajstić information content (AvgIpc) is 3.33. The Morgan fingerprint density at radius 3 is 2.24 bits per heavy atom. The third kappa shape index (κ3) is 8.35. The van der Waals surface area contributed by atoms with Crippen molar-refractivity contribution < 1.29 is 18.0 Å². The van der Waals surface area contributed by atoms with E-state index >= 15 is 0 Å². The molecule has 0 saturated heterocycles. The number of aryl methyl sites for hydroxylation is 2. The average molecular weight is 583 g/mol. The molecule has 0 aromatic heterocycles. The number of carbonyl (C=O) groups is 2. The van der Waals surface area contributed by atoms with E-state index < -0.39 is 16.1 Å². The lowest BCUT2D eigenvalue weighted by molar-refractivity contribution is -0.141. The molecule has 1 saturated carbocycles. The number of nitrogens with one attached hydrogen (secondary N) is 1. The summed E-state index contributed by atoms with van der Waals surface area (Å²) in [7, 11) is -3.55. The molecule has 2 amide bonds. The van der Waals surface area contributed by atoms with Crippen LogP contribution in [-0.2, 0) is 26.2 Å². The lowest BCUT2D eigenvalue weighted by atomic mass is 10.1. The Hall–Kier alpha value is -2.29. The van der Waals surface area contributed by atoms with E-state index in [0.29, 0.717) is 22.2 Å².